The molecule has 3 heterocycles. The standard InChI is InChI=1S/C14H21F2NO4/c1-9(2)12(19)21-8-13(7-20-3)11(18)10-4-5-17(13)6-14(10,15)16/h9-10H,4-8H2,1-3H3. The van der Waals surface area contributed by atoms with Gasteiger partial charge in [-0.2, -0.15) is 0 Å². The van der Waals surface area contributed by atoms with Crippen molar-refractivity contribution in [3.8, 4) is 0 Å². The van der Waals surface area contributed by atoms with Gasteiger partial charge in [0.15, 0.2) is 5.78 Å². The van der Waals surface area contributed by atoms with Crippen molar-refractivity contribution < 1.29 is 27.8 Å². The molecule has 0 N–H and O–H groups in total. The lowest BCUT2D eigenvalue weighted by Gasteiger charge is -2.54. The number of alkyl halides is 2. The molecule has 0 aliphatic carbocycles. The van der Waals surface area contributed by atoms with Crippen LogP contribution in [0.4, 0.5) is 8.78 Å². The zero-order chi connectivity index (χ0) is 15.8. The molecule has 0 amide bonds. The Hall–Kier alpha value is -1.08. The van der Waals surface area contributed by atoms with Gasteiger partial charge in [0.05, 0.1) is 25.0 Å². The van der Waals surface area contributed by atoms with E-state index in [2.05, 4.69) is 0 Å². The Kier molecular flexibility index (Phi) is 4.35. The van der Waals surface area contributed by atoms with E-state index in [1.807, 2.05) is 0 Å². The second-order valence-corrected chi connectivity index (χ2v) is 6.12. The summed E-state index contributed by atoms with van der Waals surface area (Å²) in [7, 11) is 1.40. The maximum absolute atomic E-state index is 13.8. The zero-order valence-corrected chi connectivity index (χ0v) is 12.5. The summed E-state index contributed by atoms with van der Waals surface area (Å²) in [6.45, 7) is 2.96. The van der Waals surface area contributed by atoms with E-state index in [4.69, 9.17) is 9.47 Å². The smallest absolute Gasteiger partial charge is 0.308 e. The number of methoxy groups -OCH3 is 1. The molecule has 0 aromatic heterocycles. The van der Waals surface area contributed by atoms with E-state index in [1.165, 1.54) is 12.0 Å². The summed E-state index contributed by atoms with van der Waals surface area (Å²) in [5.41, 5.74) is -1.27. The number of esters is 1. The molecule has 3 fully saturated rings. The number of rotatable bonds is 5. The van der Waals surface area contributed by atoms with Crippen molar-refractivity contribution in [3.05, 3.63) is 0 Å². The number of Topliss-reactive ketones (excluding diaryl/α,β-unsaturated/α-hetero) is 1. The predicted octanol–water partition coefficient (Wildman–Crippen LogP) is 1.11. The minimum Gasteiger partial charge on any atom is -0.463 e. The Morgan fingerprint density at radius 3 is 2.57 bits per heavy atom. The average molecular weight is 305 g/mol. The monoisotopic (exact) mass is 305 g/mol. The molecule has 120 valence electrons. The number of nitrogens with zero attached hydrogens (tertiary/aromatic N) is 1. The fourth-order valence-electron chi connectivity index (χ4n) is 3.07. The molecule has 0 saturated carbocycles. The van der Waals surface area contributed by atoms with Gasteiger partial charge in [-0.15, -0.1) is 0 Å². The molecular weight excluding hydrogens is 284 g/mol. The molecule has 3 unspecified atom stereocenters. The van der Waals surface area contributed by atoms with Crippen LogP contribution in [0.15, 0.2) is 0 Å². The molecule has 3 aliphatic heterocycles. The van der Waals surface area contributed by atoms with Crippen LogP contribution in [0, 0.1) is 11.8 Å². The van der Waals surface area contributed by atoms with Gasteiger partial charge in [0.25, 0.3) is 5.92 Å². The normalized spacial score (nSPS) is 34.3. The quantitative estimate of drug-likeness (QED) is 0.712. The van der Waals surface area contributed by atoms with Crippen molar-refractivity contribution in [1.82, 2.24) is 4.90 Å². The highest BCUT2D eigenvalue weighted by atomic mass is 19.3. The summed E-state index contributed by atoms with van der Waals surface area (Å²) in [6, 6.07) is 0. The van der Waals surface area contributed by atoms with E-state index in [1.54, 1.807) is 13.8 Å². The predicted molar refractivity (Wildman–Crippen MR) is 70.0 cm³/mol. The molecule has 0 aromatic rings. The van der Waals surface area contributed by atoms with Crippen LogP contribution in [-0.2, 0) is 19.1 Å². The molecule has 2 bridgehead atoms. The highest BCUT2D eigenvalue weighted by Gasteiger charge is 2.64. The first-order valence-corrected chi connectivity index (χ1v) is 7.07. The van der Waals surface area contributed by atoms with Crippen LogP contribution >= 0.6 is 0 Å². The lowest BCUT2D eigenvalue weighted by Crippen LogP contribution is -2.74. The molecule has 3 atom stereocenters. The van der Waals surface area contributed by atoms with Gasteiger partial charge in [-0.3, -0.25) is 14.5 Å². The molecule has 3 rings (SSSR count). The summed E-state index contributed by atoms with van der Waals surface area (Å²) in [5.74, 6) is -5.70. The van der Waals surface area contributed by atoms with E-state index in [0.717, 1.165) is 0 Å². The third kappa shape index (κ3) is 2.68. The molecule has 21 heavy (non-hydrogen) atoms. The number of piperidine rings is 3. The van der Waals surface area contributed by atoms with E-state index < -0.39 is 35.7 Å². The zero-order valence-electron chi connectivity index (χ0n) is 12.5. The number of halogens is 2. The van der Waals surface area contributed by atoms with Crippen LogP contribution in [0.5, 0.6) is 0 Å². The average Bonchev–Trinajstić information content (AvgIpc) is 2.40. The fraction of sp³-hybridized carbons (Fsp3) is 0.857. The van der Waals surface area contributed by atoms with Gasteiger partial charge in [-0.05, 0) is 6.42 Å². The van der Waals surface area contributed by atoms with Crippen molar-refractivity contribution in [1.29, 1.82) is 0 Å². The highest BCUT2D eigenvalue weighted by Crippen LogP contribution is 2.45. The number of hydrogen-bond acceptors (Lipinski definition) is 5. The van der Waals surface area contributed by atoms with Crippen molar-refractivity contribution in [2.24, 2.45) is 11.8 Å². The molecule has 3 aliphatic rings. The van der Waals surface area contributed by atoms with Crippen LogP contribution in [-0.4, -0.2) is 61.5 Å². The largest absolute Gasteiger partial charge is 0.463 e. The van der Waals surface area contributed by atoms with Gasteiger partial charge in [0, 0.05) is 13.7 Å². The first kappa shape index (κ1) is 16.3. The number of carbonyl (C=O) groups excluding carboxylic acids is 2. The number of ketones is 1. The Bertz CT molecular complexity index is 441. The van der Waals surface area contributed by atoms with E-state index >= 15 is 0 Å². The maximum atomic E-state index is 13.8. The lowest BCUT2D eigenvalue weighted by molar-refractivity contribution is -0.207. The Labute approximate surface area is 122 Å². The molecular formula is C14H21F2NO4. The molecule has 0 aromatic carbocycles. The van der Waals surface area contributed by atoms with E-state index in [0.29, 0.717) is 6.54 Å². The minimum absolute atomic E-state index is 0.0518. The molecule has 3 saturated heterocycles. The van der Waals surface area contributed by atoms with Crippen LogP contribution in [0.2, 0.25) is 0 Å². The van der Waals surface area contributed by atoms with Crippen molar-refractivity contribution in [2.75, 3.05) is 33.4 Å². The number of carbonyl (C=O) groups is 2. The third-order valence-corrected chi connectivity index (χ3v) is 4.29. The SMILES string of the molecule is COCC1(COC(=O)C(C)C)C(=O)C2CCN1CC2(F)F. The maximum Gasteiger partial charge on any atom is 0.308 e. The van der Waals surface area contributed by atoms with Crippen molar-refractivity contribution in [3.63, 3.8) is 0 Å². The van der Waals surface area contributed by atoms with Gasteiger partial charge in [0.2, 0.25) is 0 Å². The lowest BCUT2D eigenvalue weighted by atomic mass is 9.72. The van der Waals surface area contributed by atoms with Crippen LogP contribution in [0.3, 0.4) is 0 Å². The molecule has 0 spiro atoms. The summed E-state index contributed by atoms with van der Waals surface area (Å²) in [5, 5.41) is 0. The molecule has 7 heteroatoms. The topological polar surface area (TPSA) is 55.8 Å². The minimum atomic E-state index is -3.02. The Balaban J connectivity index is 2.22. The van der Waals surface area contributed by atoms with E-state index in [9.17, 15) is 18.4 Å². The summed E-state index contributed by atoms with van der Waals surface area (Å²) >= 11 is 0. The van der Waals surface area contributed by atoms with Gasteiger partial charge < -0.3 is 9.47 Å². The number of fused-ring (bicyclic) bond motifs is 3. The van der Waals surface area contributed by atoms with Gasteiger partial charge in [0.1, 0.15) is 12.1 Å². The van der Waals surface area contributed by atoms with Crippen LogP contribution in [0.1, 0.15) is 20.3 Å². The van der Waals surface area contributed by atoms with Crippen molar-refractivity contribution in [2.45, 2.75) is 31.7 Å². The van der Waals surface area contributed by atoms with E-state index in [-0.39, 0.29) is 25.6 Å². The number of ether oxygens (including phenoxy) is 2. The summed E-state index contributed by atoms with van der Waals surface area (Å²) < 4.78 is 37.9. The Morgan fingerprint density at radius 2 is 2.10 bits per heavy atom. The third-order valence-electron chi connectivity index (χ3n) is 4.29. The molecule has 5 nitrogen and oxygen atoms in total. The first-order valence-electron chi connectivity index (χ1n) is 7.07. The van der Waals surface area contributed by atoms with Crippen molar-refractivity contribution >= 4 is 11.8 Å². The first-order chi connectivity index (χ1) is 9.74. The summed E-state index contributed by atoms with van der Waals surface area (Å²) in [4.78, 5) is 25.5. The summed E-state index contributed by atoms with van der Waals surface area (Å²) in [6.07, 6.45) is 0.134. The highest BCUT2D eigenvalue weighted by molar-refractivity contribution is 5.93. The Morgan fingerprint density at radius 1 is 1.43 bits per heavy atom. The van der Waals surface area contributed by atoms with Crippen LogP contribution < -0.4 is 0 Å². The van der Waals surface area contributed by atoms with Crippen LogP contribution in [0.25, 0.3) is 0 Å². The van der Waals surface area contributed by atoms with Gasteiger partial charge >= 0.3 is 5.97 Å². The second kappa shape index (κ2) is 5.61. The number of hydrogen-bond donors (Lipinski definition) is 0. The second-order valence-electron chi connectivity index (χ2n) is 6.12. The fourth-order valence-corrected chi connectivity index (χ4v) is 3.07. The van der Waals surface area contributed by atoms with Gasteiger partial charge in [-0.25, -0.2) is 8.78 Å². The van der Waals surface area contributed by atoms with Gasteiger partial charge in [-0.1, -0.05) is 13.8 Å². The molecule has 0 radical (unpaired) electrons.